The molecule has 37 unspecified atom stereocenters. The topological polar surface area (TPSA) is 472 Å². The summed E-state index contributed by atoms with van der Waals surface area (Å²) in [6.07, 6.45) is -38.9. The first-order valence-corrected chi connectivity index (χ1v) is 34.0. The van der Waals surface area contributed by atoms with E-state index >= 15 is 4.79 Å². The van der Waals surface area contributed by atoms with Crippen LogP contribution in [-0.4, -0.2) is 303 Å². The van der Waals surface area contributed by atoms with E-state index in [1.54, 1.807) is 0 Å². The fourth-order valence-electron chi connectivity index (χ4n) is 19.0. The van der Waals surface area contributed by atoms with Crippen LogP contribution in [0.1, 0.15) is 127 Å². The van der Waals surface area contributed by atoms with Crippen LogP contribution in [0.3, 0.4) is 0 Å². The molecule has 0 bridgehead atoms. The number of esters is 1. The summed E-state index contributed by atoms with van der Waals surface area (Å²) in [7, 11) is 0. The van der Waals surface area contributed by atoms with Crippen molar-refractivity contribution in [3.63, 3.8) is 0 Å². The van der Waals surface area contributed by atoms with Crippen LogP contribution in [0.15, 0.2) is 11.6 Å². The molecule has 37 atom stereocenters. The van der Waals surface area contributed by atoms with Crippen LogP contribution in [0.2, 0.25) is 0 Å². The number of aliphatic hydroxyl groups is 17. The molecule has 0 spiro atoms. The van der Waals surface area contributed by atoms with Crippen molar-refractivity contribution >= 4 is 5.97 Å². The lowest BCUT2D eigenvalue weighted by Gasteiger charge is -2.71. The minimum atomic E-state index is -1.91. The first kappa shape index (κ1) is 74.3. The van der Waals surface area contributed by atoms with E-state index in [2.05, 4.69) is 54.5 Å². The van der Waals surface area contributed by atoms with Crippen LogP contribution >= 0.6 is 0 Å². The number of aliphatic hydroxyl groups excluding tert-OH is 17. The largest absolute Gasteiger partial charge is 0.432 e. The summed E-state index contributed by atoms with van der Waals surface area (Å²) in [6, 6.07) is 0. The molecule has 11 rings (SSSR count). The third-order valence-electron chi connectivity index (χ3n) is 25.2. The molecular weight excluding hydrogens is 1260 g/mol. The predicted molar refractivity (Wildman–Crippen MR) is 319 cm³/mol. The van der Waals surface area contributed by atoms with Crippen molar-refractivity contribution in [2.75, 3.05) is 26.4 Å². The quantitative estimate of drug-likeness (QED) is 0.0426. The second kappa shape index (κ2) is 27.7. The number of hydrogen-bond acceptors (Lipinski definition) is 30. The van der Waals surface area contributed by atoms with Gasteiger partial charge in [0.2, 0.25) is 6.29 Å². The molecule has 4 saturated carbocycles. The van der Waals surface area contributed by atoms with Crippen molar-refractivity contribution in [3.8, 4) is 0 Å². The van der Waals surface area contributed by atoms with Gasteiger partial charge in [-0.3, -0.25) is 4.79 Å². The molecule has 6 saturated heterocycles. The first-order valence-electron chi connectivity index (χ1n) is 34.0. The molecule has 10 fully saturated rings. The molecule has 17 N–H and O–H groups in total. The molecule has 0 aromatic heterocycles. The average molecular weight is 1370 g/mol. The van der Waals surface area contributed by atoms with Gasteiger partial charge in [0.25, 0.3) is 0 Å². The number of allylic oxidation sites excluding steroid dienone is 2. The van der Waals surface area contributed by atoms with Gasteiger partial charge in [0.15, 0.2) is 31.5 Å². The second-order valence-electron chi connectivity index (χ2n) is 31.4. The Balaban J connectivity index is 0.780. The Hall–Kier alpha value is -1.91. The smallest absolute Gasteiger partial charge is 0.315 e. The van der Waals surface area contributed by atoms with Crippen molar-refractivity contribution in [1.29, 1.82) is 0 Å². The molecule has 6 aliphatic heterocycles. The van der Waals surface area contributed by atoms with Gasteiger partial charge in [0.1, 0.15) is 128 Å². The summed E-state index contributed by atoms with van der Waals surface area (Å²) in [6.45, 7) is 16.0. The van der Waals surface area contributed by atoms with Gasteiger partial charge >= 0.3 is 5.97 Å². The molecule has 0 aromatic carbocycles. The Morgan fingerprint density at radius 3 is 1.69 bits per heavy atom. The molecule has 546 valence electrons. The van der Waals surface area contributed by atoms with Crippen LogP contribution in [-0.2, 0) is 61.6 Å². The van der Waals surface area contributed by atoms with Crippen LogP contribution in [0.4, 0.5) is 0 Å². The number of ether oxygens (including phenoxy) is 12. The maximum absolute atomic E-state index is 15.3. The molecule has 0 aromatic rings. The molecule has 6 heterocycles. The van der Waals surface area contributed by atoms with Gasteiger partial charge in [-0.2, -0.15) is 0 Å². The number of fused-ring (bicyclic) bond motifs is 7. The molecule has 11 aliphatic rings. The van der Waals surface area contributed by atoms with Crippen molar-refractivity contribution in [1.82, 2.24) is 0 Å². The van der Waals surface area contributed by atoms with Crippen molar-refractivity contribution < 1.29 is 148 Å². The first-order chi connectivity index (χ1) is 44.5. The minimum Gasteiger partial charge on any atom is -0.432 e. The Labute approximate surface area is 551 Å². The average Bonchev–Trinajstić information content (AvgIpc) is 0.676. The maximum atomic E-state index is 15.3. The van der Waals surface area contributed by atoms with Crippen LogP contribution in [0.5, 0.6) is 0 Å². The third kappa shape index (κ3) is 12.9. The molecule has 5 aliphatic carbocycles. The summed E-state index contributed by atoms with van der Waals surface area (Å²) < 4.78 is 72.0. The van der Waals surface area contributed by atoms with Crippen molar-refractivity contribution in [2.45, 2.75) is 311 Å². The predicted octanol–water partition coefficient (Wildman–Crippen LogP) is -3.69. The summed E-state index contributed by atoms with van der Waals surface area (Å²) in [4.78, 5) is 15.3. The number of hydrogen-bond donors (Lipinski definition) is 17. The van der Waals surface area contributed by atoms with Crippen molar-refractivity contribution in [3.05, 3.63) is 11.6 Å². The Morgan fingerprint density at radius 1 is 0.495 bits per heavy atom. The minimum absolute atomic E-state index is 0.0491. The Morgan fingerprint density at radius 2 is 1.02 bits per heavy atom. The summed E-state index contributed by atoms with van der Waals surface area (Å²) in [5.41, 5.74) is -1.67. The van der Waals surface area contributed by atoms with E-state index in [-0.39, 0.29) is 34.0 Å². The number of rotatable bonds is 15. The lowest BCUT2D eigenvalue weighted by Crippen LogP contribution is -2.67. The van der Waals surface area contributed by atoms with Gasteiger partial charge in [-0.25, -0.2) is 0 Å². The Kier molecular flexibility index (Phi) is 21.7. The molecule has 95 heavy (non-hydrogen) atoms. The van der Waals surface area contributed by atoms with Gasteiger partial charge in [-0.05, 0) is 123 Å². The fourth-order valence-corrected chi connectivity index (χ4v) is 19.0. The van der Waals surface area contributed by atoms with Gasteiger partial charge in [0, 0.05) is 0 Å². The molecule has 30 nitrogen and oxygen atoms in total. The van der Waals surface area contributed by atoms with Crippen LogP contribution < -0.4 is 0 Å². The maximum Gasteiger partial charge on any atom is 0.315 e. The zero-order valence-electron chi connectivity index (χ0n) is 55.4. The van der Waals surface area contributed by atoms with Gasteiger partial charge in [-0.15, -0.1) is 0 Å². The van der Waals surface area contributed by atoms with Crippen molar-refractivity contribution in [2.24, 2.45) is 50.2 Å². The number of carbonyl (C=O) groups is 1. The van der Waals surface area contributed by atoms with E-state index in [1.165, 1.54) is 19.4 Å². The third-order valence-corrected chi connectivity index (χ3v) is 25.2. The zero-order valence-corrected chi connectivity index (χ0v) is 55.4. The van der Waals surface area contributed by atoms with Gasteiger partial charge in [0.05, 0.1) is 50.2 Å². The second-order valence-corrected chi connectivity index (χ2v) is 31.4. The van der Waals surface area contributed by atoms with E-state index < -0.39 is 233 Å². The summed E-state index contributed by atoms with van der Waals surface area (Å²) in [5, 5.41) is 185. The number of carbonyl (C=O) groups excluding carboxylic acids is 1. The van der Waals surface area contributed by atoms with E-state index in [4.69, 9.17) is 56.8 Å². The van der Waals surface area contributed by atoms with E-state index in [1.807, 2.05) is 0 Å². The SMILES string of the molecule is CC1OC(OC2C(CO)OC(OCC3OC(OC(=O)C45CCC(C)(C)CC4C4=CCC6C7(C)CCC(OC8OC(CO)C(O)C(O)C8OC8OC(C)C(O)C(O)C8OC8OCC(O)C(O)C8O)C(C)(C)C7CCC6(C)C4(C)CC5)C(O)C(O)C3O)C(O)C2O)C(O)C(O)C1O. The normalized spacial score (nSPS) is 54.6. The lowest BCUT2D eigenvalue weighted by molar-refractivity contribution is -0.393. The molecule has 0 amide bonds. The van der Waals surface area contributed by atoms with Gasteiger partial charge in [-0.1, -0.05) is 60.1 Å². The molecule has 30 heteroatoms. The summed E-state index contributed by atoms with van der Waals surface area (Å²) in [5.74, 6) is -0.744. The highest BCUT2D eigenvalue weighted by Crippen LogP contribution is 2.76. The standard InChI is InChI=1S/C65H106O30/c1-25-36(69)41(74)47(80)55(86-25)92-50-31(22-67)89-53(49(82)45(50)78)85-24-32-40(73)42(75)48(81)56(90-32)95-59(83)65-18-16-60(3,4)20-28(65)27-10-11-34-62(7)14-13-35(61(5,6)33(62)12-15-64(34,9)63(27,8)17-19-65)91-58-52(44(77)39(72)30(21-66)88-58)94-57-51(43(76)37(70)26(2)87-57)93-54-46(79)38(71)29(68)23-84-54/h10,25-26,28-58,66-82H,11-24H2,1-9H3. The monoisotopic (exact) mass is 1370 g/mol. The molecular formula is C65H106O30. The van der Waals surface area contributed by atoms with Crippen LogP contribution in [0.25, 0.3) is 0 Å². The zero-order chi connectivity index (χ0) is 69.3. The highest BCUT2D eigenvalue weighted by Gasteiger charge is 2.71. The van der Waals surface area contributed by atoms with Crippen LogP contribution in [0, 0.1) is 50.2 Å². The summed E-state index contributed by atoms with van der Waals surface area (Å²) >= 11 is 0. The fraction of sp³-hybridized carbons (Fsp3) is 0.954. The molecule has 0 radical (unpaired) electrons. The van der Waals surface area contributed by atoms with E-state index in [0.29, 0.717) is 51.4 Å². The van der Waals surface area contributed by atoms with Gasteiger partial charge < -0.3 is 144 Å². The highest BCUT2D eigenvalue weighted by atomic mass is 16.8. The highest BCUT2D eigenvalue weighted by molar-refractivity contribution is 5.79. The Bertz CT molecular complexity index is 2670. The lowest BCUT2D eigenvalue weighted by atomic mass is 9.33. The van der Waals surface area contributed by atoms with E-state index in [0.717, 1.165) is 12.8 Å². The van der Waals surface area contributed by atoms with E-state index in [9.17, 15) is 86.8 Å².